The molecule has 2 nitrogen and oxygen atoms in total. The number of benzene rings is 1. The van der Waals surface area contributed by atoms with E-state index in [0.717, 1.165) is 24.7 Å². The summed E-state index contributed by atoms with van der Waals surface area (Å²) in [7, 11) is 0. The van der Waals surface area contributed by atoms with E-state index < -0.39 is 0 Å². The zero-order valence-corrected chi connectivity index (χ0v) is 13.3. The lowest BCUT2D eigenvalue weighted by molar-refractivity contribution is 0.165. The highest BCUT2D eigenvalue weighted by atomic mass is 35.5. The van der Waals surface area contributed by atoms with E-state index in [1.54, 1.807) is 0 Å². The maximum Gasteiger partial charge on any atom is 0.0408 e. The van der Waals surface area contributed by atoms with Crippen molar-refractivity contribution < 1.29 is 0 Å². The predicted octanol–water partition coefficient (Wildman–Crippen LogP) is 3.63. The van der Waals surface area contributed by atoms with Crippen molar-refractivity contribution in [2.75, 3.05) is 13.1 Å². The lowest BCUT2D eigenvalue weighted by Crippen LogP contribution is -2.39. The van der Waals surface area contributed by atoms with Gasteiger partial charge in [-0.3, -0.25) is 4.90 Å². The molecule has 2 N–H and O–H groups in total. The molecule has 4 heteroatoms. The van der Waals surface area contributed by atoms with Crippen LogP contribution in [0.25, 0.3) is 0 Å². The molecule has 1 unspecified atom stereocenters. The van der Waals surface area contributed by atoms with Crippen LogP contribution in [-0.2, 0) is 6.54 Å². The number of aryl methyl sites for hydroxylation is 1. The molecule has 1 saturated heterocycles. The van der Waals surface area contributed by atoms with Crippen LogP contribution in [0, 0.1) is 12.8 Å². The van der Waals surface area contributed by atoms with Gasteiger partial charge in [-0.05, 0) is 69.0 Å². The molecule has 1 aromatic carbocycles. The Bertz CT molecular complexity index is 399. The van der Waals surface area contributed by atoms with Gasteiger partial charge in [0, 0.05) is 17.6 Å². The summed E-state index contributed by atoms with van der Waals surface area (Å²) in [4.78, 5) is 2.52. The Kier molecular flexibility index (Phi) is 6.61. The summed E-state index contributed by atoms with van der Waals surface area (Å²) in [5, 5.41) is 0.826. The van der Waals surface area contributed by atoms with Gasteiger partial charge in [0.05, 0.1) is 0 Å². The maximum atomic E-state index is 5.99. The van der Waals surface area contributed by atoms with Crippen LogP contribution >= 0.6 is 24.0 Å². The van der Waals surface area contributed by atoms with Crippen molar-refractivity contribution in [3.8, 4) is 0 Å². The molecule has 0 amide bonds. The van der Waals surface area contributed by atoms with E-state index in [1.807, 2.05) is 12.1 Å². The average molecular weight is 303 g/mol. The summed E-state index contributed by atoms with van der Waals surface area (Å²) in [6.45, 7) is 7.62. The molecule has 2 rings (SSSR count). The molecule has 0 spiro atoms. The first-order valence-corrected chi connectivity index (χ1v) is 7.17. The number of nitrogens with zero attached hydrogens (tertiary/aromatic N) is 1. The first kappa shape index (κ1) is 16.8. The van der Waals surface area contributed by atoms with Crippen molar-refractivity contribution in [3.63, 3.8) is 0 Å². The molecule has 1 heterocycles. The summed E-state index contributed by atoms with van der Waals surface area (Å²) in [5.74, 6) is 0.701. The Hall–Kier alpha value is -0.280. The minimum Gasteiger partial charge on any atom is -0.328 e. The van der Waals surface area contributed by atoms with Gasteiger partial charge in [0.1, 0.15) is 0 Å². The first-order valence-electron chi connectivity index (χ1n) is 6.79. The fourth-order valence-electron chi connectivity index (χ4n) is 2.71. The zero-order valence-electron chi connectivity index (χ0n) is 11.7. The molecule has 1 fully saturated rings. The molecule has 0 bridgehead atoms. The Balaban J connectivity index is 0.00000180. The number of halogens is 2. The Labute approximate surface area is 127 Å². The highest BCUT2D eigenvalue weighted by molar-refractivity contribution is 6.30. The molecule has 0 saturated carbocycles. The van der Waals surface area contributed by atoms with E-state index >= 15 is 0 Å². The molecule has 1 aromatic rings. The average Bonchev–Trinajstić information content (AvgIpc) is 2.33. The van der Waals surface area contributed by atoms with Crippen molar-refractivity contribution in [3.05, 3.63) is 34.3 Å². The van der Waals surface area contributed by atoms with E-state index in [1.165, 1.54) is 24.0 Å². The van der Waals surface area contributed by atoms with Gasteiger partial charge in [-0.1, -0.05) is 17.7 Å². The number of hydrogen-bond donors (Lipinski definition) is 1. The van der Waals surface area contributed by atoms with E-state index in [9.17, 15) is 0 Å². The van der Waals surface area contributed by atoms with Crippen molar-refractivity contribution >= 4 is 24.0 Å². The van der Waals surface area contributed by atoms with Gasteiger partial charge in [-0.2, -0.15) is 0 Å². The summed E-state index contributed by atoms with van der Waals surface area (Å²) >= 11 is 5.99. The molecular weight excluding hydrogens is 279 g/mol. The molecule has 19 heavy (non-hydrogen) atoms. The van der Waals surface area contributed by atoms with E-state index in [-0.39, 0.29) is 12.4 Å². The van der Waals surface area contributed by atoms with E-state index in [4.69, 9.17) is 17.3 Å². The van der Waals surface area contributed by atoms with Gasteiger partial charge in [-0.15, -0.1) is 12.4 Å². The quantitative estimate of drug-likeness (QED) is 0.924. The van der Waals surface area contributed by atoms with Gasteiger partial charge in [0.25, 0.3) is 0 Å². The van der Waals surface area contributed by atoms with Gasteiger partial charge < -0.3 is 5.73 Å². The predicted molar refractivity (Wildman–Crippen MR) is 85.1 cm³/mol. The second-order valence-electron chi connectivity index (χ2n) is 5.54. The molecule has 1 aliphatic heterocycles. The monoisotopic (exact) mass is 302 g/mol. The topological polar surface area (TPSA) is 29.3 Å². The number of nitrogens with two attached hydrogens (primary N) is 1. The maximum absolute atomic E-state index is 5.99. The number of rotatable bonds is 3. The lowest BCUT2D eigenvalue weighted by Gasteiger charge is -2.34. The summed E-state index contributed by atoms with van der Waals surface area (Å²) < 4.78 is 0. The smallest absolute Gasteiger partial charge is 0.0408 e. The first-order chi connectivity index (χ1) is 8.56. The van der Waals surface area contributed by atoms with Gasteiger partial charge in [-0.25, -0.2) is 0 Å². The minimum atomic E-state index is 0. The van der Waals surface area contributed by atoms with Crippen molar-refractivity contribution in [2.24, 2.45) is 11.7 Å². The third kappa shape index (κ3) is 4.64. The van der Waals surface area contributed by atoms with Crippen LogP contribution in [0.4, 0.5) is 0 Å². The third-order valence-corrected chi connectivity index (χ3v) is 4.31. The zero-order chi connectivity index (χ0) is 13.1. The third-order valence-electron chi connectivity index (χ3n) is 4.07. The lowest BCUT2D eigenvalue weighted by atomic mass is 9.90. The molecule has 0 aromatic heterocycles. The fraction of sp³-hybridized carbons (Fsp3) is 0.600. The summed E-state index contributed by atoms with van der Waals surface area (Å²) in [5.41, 5.74) is 8.65. The molecule has 108 valence electrons. The van der Waals surface area contributed by atoms with E-state index in [0.29, 0.717) is 12.0 Å². The molecular formula is C15H24Cl2N2. The second kappa shape index (κ2) is 7.49. The molecule has 0 radical (unpaired) electrons. The highest BCUT2D eigenvalue weighted by Gasteiger charge is 2.21. The summed E-state index contributed by atoms with van der Waals surface area (Å²) in [6, 6.07) is 6.52. The minimum absolute atomic E-state index is 0. The van der Waals surface area contributed by atoms with Crippen LogP contribution in [0.5, 0.6) is 0 Å². The van der Waals surface area contributed by atoms with Crippen molar-refractivity contribution in [2.45, 2.75) is 39.3 Å². The summed E-state index contributed by atoms with van der Waals surface area (Å²) in [6.07, 6.45) is 2.45. The van der Waals surface area contributed by atoms with Gasteiger partial charge >= 0.3 is 0 Å². The number of piperidine rings is 1. The van der Waals surface area contributed by atoms with Crippen molar-refractivity contribution in [1.29, 1.82) is 0 Å². The SMILES string of the molecule is Cc1cc(Cl)ccc1CN1CCC(C(C)N)CC1.Cl. The standard InChI is InChI=1S/C15H23ClN2.ClH/c1-11-9-15(16)4-3-14(11)10-18-7-5-13(6-8-18)12(2)17;/h3-4,9,12-13H,5-8,10,17H2,1-2H3;1H. The number of hydrogen-bond acceptors (Lipinski definition) is 2. The molecule has 0 aliphatic carbocycles. The van der Waals surface area contributed by atoms with Crippen molar-refractivity contribution in [1.82, 2.24) is 4.90 Å². The van der Waals surface area contributed by atoms with Crippen LogP contribution in [0.15, 0.2) is 18.2 Å². The van der Waals surface area contributed by atoms with Gasteiger partial charge in [0.2, 0.25) is 0 Å². The van der Waals surface area contributed by atoms with Crippen LogP contribution in [0.3, 0.4) is 0 Å². The number of likely N-dealkylation sites (tertiary alicyclic amines) is 1. The highest BCUT2D eigenvalue weighted by Crippen LogP contribution is 2.22. The van der Waals surface area contributed by atoms with Crippen LogP contribution < -0.4 is 5.73 Å². The second-order valence-corrected chi connectivity index (χ2v) is 5.98. The molecule has 1 atom stereocenters. The normalized spacial score (nSPS) is 18.9. The Morgan fingerprint density at radius 1 is 1.37 bits per heavy atom. The Morgan fingerprint density at radius 2 is 2.00 bits per heavy atom. The van der Waals surface area contributed by atoms with E-state index in [2.05, 4.69) is 24.8 Å². The van der Waals surface area contributed by atoms with Gasteiger partial charge in [0.15, 0.2) is 0 Å². The molecule has 1 aliphatic rings. The largest absolute Gasteiger partial charge is 0.328 e. The van der Waals surface area contributed by atoms with Crippen LogP contribution in [-0.4, -0.2) is 24.0 Å². The Morgan fingerprint density at radius 3 is 2.53 bits per heavy atom. The van der Waals surface area contributed by atoms with Crippen LogP contribution in [0.1, 0.15) is 30.9 Å². The van der Waals surface area contributed by atoms with Crippen LogP contribution in [0.2, 0.25) is 5.02 Å². The fourth-order valence-corrected chi connectivity index (χ4v) is 2.94.